The van der Waals surface area contributed by atoms with E-state index in [4.69, 9.17) is 5.73 Å². The molecule has 2 saturated heterocycles. The van der Waals surface area contributed by atoms with E-state index in [1.54, 1.807) is 0 Å². The van der Waals surface area contributed by atoms with Crippen molar-refractivity contribution in [1.82, 2.24) is 10.2 Å². The number of halogens is 2. The maximum absolute atomic E-state index is 14.2. The summed E-state index contributed by atoms with van der Waals surface area (Å²) in [7, 11) is 0. The lowest BCUT2D eigenvalue weighted by Gasteiger charge is -2.41. The van der Waals surface area contributed by atoms with Crippen LogP contribution in [-0.2, 0) is 16.0 Å². The lowest BCUT2D eigenvalue weighted by atomic mass is 9.82. The summed E-state index contributed by atoms with van der Waals surface area (Å²) in [6, 6.07) is 2.12. The van der Waals surface area contributed by atoms with Crippen LogP contribution in [0.4, 0.5) is 8.78 Å². The van der Waals surface area contributed by atoms with E-state index in [2.05, 4.69) is 11.9 Å². The van der Waals surface area contributed by atoms with Gasteiger partial charge < -0.3 is 21.1 Å². The number of nitrogens with two attached hydrogens (primary N) is 1. The molecule has 1 aromatic rings. The van der Waals surface area contributed by atoms with Crippen molar-refractivity contribution < 1.29 is 23.5 Å². The molecule has 31 heavy (non-hydrogen) atoms. The Hall–Kier alpha value is -2.32. The molecule has 2 aliphatic heterocycles. The van der Waals surface area contributed by atoms with Crippen LogP contribution in [0.15, 0.2) is 18.7 Å². The summed E-state index contributed by atoms with van der Waals surface area (Å²) in [4.78, 5) is 26.5. The van der Waals surface area contributed by atoms with Gasteiger partial charge in [0.1, 0.15) is 17.2 Å². The molecule has 0 spiro atoms. The molecule has 6 nitrogen and oxygen atoms in total. The number of hydrogen-bond donors (Lipinski definition) is 3. The Bertz CT molecular complexity index is 888. The first-order valence-electron chi connectivity index (χ1n) is 10.9. The van der Waals surface area contributed by atoms with Gasteiger partial charge in [0, 0.05) is 29.8 Å². The maximum atomic E-state index is 14.2. The van der Waals surface area contributed by atoms with E-state index < -0.39 is 23.1 Å². The van der Waals surface area contributed by atoms with Crippen molar-refractivity contribution in [1.29, 1.82) is 0 Å². The van der Waals surface area contributed by atoms with Gasteiger partial charge in [0.25, 0.3) is 5.91 Å². The minimum absolute atomic E-state index is 0.0463. The molecule has 3 atom stereocenters. The van der Waals surface area contributed by atoms with E-state index in [-0.39, 0.29) is 42.1 Å². The Balaban J connectivity index is 1.36. The highest BCUT2D eigenvalue weighted by molar-refractivity contribution is 5.91. The summed E-state index contributed by atoms with van der Waals surface area (Å²) >= 11 is 0. The van der Waals surface area contributed by atoms with Crippen LogP contribution in [0.25, 0.3) is 6.08 Å². The molecule has 2 amide bonds. The maximum Gasteiger partial charge on any atom is 0.252 e. The summed E-state index contributed by atoms with van der Waals surface area (Å²) in [5.41, 5.74) is 5.76. The molecule has 168 valence electrons. The molecule has 2 bridgehead atoms. The molecule has 1 aliphatic carbocycles. The van der Waals surface area contributed by atoms with E-state index in [0.29, 0.717) is 24.8 Å². The summed E-state index contributed by atoms with van der Waals surface area (Å²) in [6.07, 6.45) is 5.71. The number of amides is 2. The monoisotopic (exact) mass is 433 g/mol. The highest BCUT2D eigenvalue weighted by Crippen LogP contribution is 2.40. The van der Waals surface area contributed by atoms with Crippen molar-refractivity contribution in [3.05, 3.63) is 41.5 Å². The third kappa shape index (κ3) is 4.36. The number of fused-ring (bicyclic) bond motifs is 2. The van der Waals surface area contributed by atoms with Crippen molar-refractivity contribution >= 4 is 17.9 Å². The zero-order valence-electron chi connectivity index (χ0n) is 17.4. The summed E-state index contributed by atoms with van der Waals surface area (Å²) in [6.45, 7) is 3.44. The fourth-order valence-corrected chi connectivity index (χ4v) is 5.08. The molecule has 2 unspecified atom stereocenters. The quantitative estimate of drug-likeness (QED) is 0.612. The molecular formula is C23H29F2N3O3. The van der Waals surface area contributed by atoms with Gasteiger partial charge in [-0.1, -0.05) is 12.7 Å². The van der Waals surface area contributed by atoms with Crippen LogP contribution in [0.5, 0.6) is 0 Å². The van der Waals surface area contributed by atoms with Gasteiger partial charge in [-0.15, -0.1) is 0 Å². The largest absolute Gasteiger partial charge is 0.380 e. The van der Waals surface area contributed by atoms with Crippen LogP contribution in [-0.4, -0.2) is 52.1 Å². The molecule has 8 heteroatoms. The second-order valence-corrected chi connectivity index (χ2v) is 9.17. The number of nitrogens with one attached hydrogen (secondary N) is 1. The van der Waals surface area contributed by atoms with Gasteiger partial charge in [-0.3, -0.25) is 9.59 Å². The van der Waals surface area contributed by atoms with Crippen LogP contribution < -0.4 is 11.1 Å². The summed E-state index contributed by atoms with van der Waals surface area (Å²) in [5, 5.41) is 12.4. The highest BCUT2D eigenvalue weighted by atomic mass is 19.1. The lowest BCUT2D eigenvalue weighted by molar-refractivity contribution is -0.139. The van der Waals surface area contributed by atoms with Gasteiger partial charge in [-0.05, 0) is 62.5 Å². The van der Waals surface area contributed by atoms with Gasteiger partial charge in [0.2, 0.25) is 5.91 Å². The van der Waals surface area contributed by atoms with Crippen molar-refractivity contribution in [2.75, 3.05) is 6.54 Å². The Morgan fingerprint density at radius 3 is 2.48 bits per heavy atom. The van der Waals surface area contributed by atoms with Gasteiger partial charge in [-0.25, -0.2) is 8.78 Å². The molecule has 0 radical (unpaired) electrons. The smallest absolute Gasteiger partial charge is 0.252 e. The van der Waals surface area contributed by atoms with Crippen molar-refractivity contribution in [3.63, 3.8) is 0 Å². The molecule has 4 N–H and O–H groups in total. The van der Waals surface area contributed by atoms with E-state index in [9.17, 15) is 23.5 Å². The number of benzene rings is 1. The van der Waals surface area contributed by atoms with Gasteiger partial charge in [0.15, 0.2) is 0 Å². The molecule has 2 heterocycles. The normalized spacial score (nSPS) is 27.0. The molecule has 4 rings (SSSR count). The van der Waals surface area contributed by atoms with Crippen molar-refractivity contribution in [2.24, 2.45) is 11.7 Å². The highest BCUT2D eigenvalue weighted by Gasteiger charge is 2.49. The number of carbonyl (C=O) groups is 2. The Morgan fingerprint density at radius 2 is 1.90 bits per heavy atom. The standard InChI is InChI=1S/C23H29F2N3O3/c1-2-13-7-14(19(25)11-18(13)24)10-20(26)15-8-16-3-4-17(9-15)28(16)21(29)12-27-22(30)23(31)5-6-23/h2,7,11,15-17,20,31H,1,3-6,8-10,12,26H2,(H,27,30)/t15?,16?,17?,20-/m1/s1. The fraction of sp³-hybridized carbons (Fsp3) is 0.565. The van der Waals surface area contributed by atoms with Gasteiger partial charge >= 0.3 is 0 Å². The predicted molar refractivity (Wildman–Crippen MR) is 112 cm³/mol. The Labute approximate surface area is 180 Å². The van der Waals surface area contributed by atoms with Crippen LogP contribution in [0.2, 0.25) is 0 Å². The zero-order valence-corrected chi connectivity index (χ0v) is 17.4. The first-order chi connectivity index (χ1) is 14.7. The zero-order chi connectivity index (χ0) is 22.3. The van der Waals surface area contributed by atoms with E-state index in [1.165, 1.54) is 12.1 Å². The Morgan fingerprint density at radius 1 is 1.26 bits per heavy atom. The van der Waals surface area contributed by atoms with Crippen LogP contribution in [0.1, 0.15) is 49.7 Å². The van der Waals surface area contributed by atoms with E-state index in [0.717, 1.165) is 31.7 Å². The molecule has 1 saturated carbocycles. The second-order valence-electron chi connectivity index (χ2n) is 9.17. The number of nitrogens with zero attached hydrogens (tertiary/aromatic N) is 1. The fourth-order valence-electron chi connectivity index (χ4n) is 5.08. The minimum Gasteiger partial charge on any atom is -0.380 e. The number of piperidine rings is 1. The predicted octanol–water partition coefficient (Wildman–Crippen LogP) is 1.89. The van der Waals surface area contributed by atoms with Crippen LogP contribution >= 0.6 is 0 Å². The molecule has 1 aromatic carbocycles. The average molecular weight is 433 g/mol. The first kappa shape index (κ1) is 21.9. The van der Waals surface area contributed by atoms with Crippen molar-refractivity contribution in [2.45, 2.75) is 68.7 Å². The number of hydrogen-bond acceptors (Lipinski definition) is 4. The lowest BCUT2D eigenvalue weighted by Crippen LogP contribution is -2.53. The van der Waals surface area contributed by atoms with Crippen molar-refractivity contribution in [3.8, 4) is 0 Å². The average Bonchev–Trinajstić information content (AvgIpc) is 3.44. The number of rotatable bonds is 7. The van der Waals surface area contributed by atoms with Gasteiger partial charge in [-0.2, -0.15) is 0 Å². The molecule has 3 fully saturated rings. The second kappa shape index (κ2) is 8.31. The SMILES string of the molecule is C=Cc1cc(C[C@@H](N)C2CC3CCC(C2)N3C(=O)CNC(=O)C2(O)CC2)c(F)cc1F. The molecular weight excluding hydrogens is 404 g/mol. The Kier molecular flexibility index (Phi) is 5.87. The molecule has 0 aromatic heterocycles. The molecule has 3 aliphatic rings. The van der Waals surface area contributed by atoms with Crippen LogP contribution in [0, 0.1) is 17.6 Å². The summed E-state index contributed by atoms with van der Waals surface area (Å²) < 4.78 is 27.9. The minimum atomic E-state index is -1.29. The van der Waals surface area contributed by atoms with E-state index in [1.807, 2.05) is 4.90 Å². The third-order valence-electron chi connectivity index (χ3n) is 7.05. The topological polar surface area (TPSA) is 95.7 Å². The van der Waals surface area contributed by atoms with Gasteiger partial charge in [0.05, 0.1) is 6.54 Å². The van der Waals surface area contributed by atoms with E-state index >= 15 is 0 Å². The third-order valence-corrected chi connectivity index (χ3v) is 7.05. The number of carbonyl (C=O) groups excluding carboxylic acids is 2. The summed E-state index contributed by atoms with van der Waals surface area (Å²) in [5.74, 6) is -1.75. The first-order valence-corrected chi connectivity index (χ1v) is 10.9. The van der Waals surface area contributed by atoms with Crippen LogP contribution in [0.3, 0.4) is 0 Å². The number of aliphatic hydroxyl groups is 1.